The number of ether oxygens (including phenoxy) is 1. The normalized spacial score (nSPS) is 16.8. The Morgan fingerprint density at radius 3 is 2.36 bits per heavy atom. The van der Waals surface area contributed by atoms with Gasteiger partial charge in [0.25, 0.3) is 0 Å². The van der Waals surface area contributed by atoms with E-state index in [4.69, 9.17) is 4.74 Å². The van der Waals surface area contributed by atoms with Crippen LogP contribution in [-0.2, 0) is 24.5 Å². The van der Waals surface area contributed by atoms with Crippen LogP contribution in [0.15, 0.2) is 36.7 Å². The summed E-state index contributed by atoms with van der Waals surface area (Å²) in [4.78, 5) is 20.1. The van der Waals surface area contributed by atoms with E-state index in [9.17, 15) is 18.0 Å². The van der Waals surface area contributed by atoms with E-state index in [1.165, 1.54) is 6.42 Å². The number of nitrogens with one attached hydrogen (secondary N) is 1. The zero-order valence-corrected chi connectivity index (χ0v) is 28.1. The molecule has 1 saturated heterocycles. The second-order valence-electron chi connectivity index (χ2n) is 13.5. The topological polar surface area (TPSA) is 105 Å². The van der Waals surface area contributed by atoms with Crippen molar-refractivity contribution in [2.24, 2.45) is 13.0 Å². The number of rotatable bonds is 6. The first-order valence-corrected chi connectivity index (χ1v) is 16.4. The van der Waals surface area contributed by atoms with E-state index in [2.05, 4.69) is 39.2 Å². The van der Waals surface area contributed by atoms with Crippen molar-refractivity contribution in [2.75, 3.05) is 26.2 Å². The lowest BCUT2D eigenvalue weighted by molar-refractivity contribution is -0.141. The molecule has 254 valence electrons. The number of alkyl halides is 3. The SMILES string of the molecule is CCC.Cn1cnnc1C(c1cccc(-c2n[nH]c3c(CN4CCN(C(=O)OC(C)(C)C)CC4)nc(C(F)(F)F)cc23)c1)C1CCC1. The van der Waals surface area contributed by atoms with Crippen molar-refractivity contribution in [1.82, 2.24) is 39.7 Å². The molecular weight excluding hydrogens is 609 g/mol. The Morgan fingerprint density at radius 1 is 1.09 bits per heavy atom. The zero-order valence-electron chi connectivity index (χ0n) is 28.1. The number of H-pyrrole nitrogens is 1. The van der Waals surface area contributed by atoms with Gasteiger partial charge in [-0.1, -0.05) is 44.9 Å². The molecule has 10 nitrogen and oxygen atoms in total. The molecule has 0 radical (unpaired) electrons. The molecule has 4 heterocycles. The van der Waals surface area contributed by atoms with Crippen molar-refractivity contribution in [3.05, 3.63) is 59.4 Å². The molecule has 1 N–H and O–H groups in total. The van der Waals surface area contributed by atoms with Crippen LogP contribution in [0.2, 0.25) is 0 Å². The quantitative estimate of drug-likeness (QED) is 0.235. The molecule has 47 heavy (non-hydrogen) atoms. The number of amides is 1. The van der Waals surface area contributed by atoms with Crippen molar-refractivity contribution in [2.45, 2.75) is 84.5 Å². The molecular formula is C34H45F3N8O2. The van der Waals surface area contributed by atoms with Gasteiger partial charge < -0.3 is 14.2 Å². The van der Waals surface area contributed by atoms with Gasteiger partial charge in [-0.15, -0.1) is 10.2 Å². The van der Waals surface area contributed by atoms with Gasteiger partial charge in [0.15, 0.2) is 0 Å². The van der Waals surface area contributed by atoms with Gasteiger partial charge in [-0.25, -0.2) is 9.78 Å². The molecule has 4 aromatic rings. The van der Waals surface area contributed by atoms with Crippen LogP contribution in [0, 0.1) is 5.92 Å². The van der Waals surface area contributed by atoms with Gasteiger partial charge in [-0.3, -0.25) is 10.00 Å². The van der Waals surface area contributed by atoms with Gasteiger partial charge in [-0.2, -0.15) is 18.3 Å². The van der Waals surface area contributed by atoms with E-state index < -0.39 is 23.6 Å². The summed E-state index contributed by atoms with van der Waals surface area (Å²) in [5, 5.41) is 16.4. The number of halogens is 3. The van der Waals surface area contributed by atoms with Gasteiger partial charge in [0.2, 0.25) is 0 Å². The Labute approximate surface area is 273 Å². The lowest BCUT2D eigenvalue weighted by atomic mass is 9.72. The Morgan fingerprint density at radius 2 is 1.79 bits per heavy atom. The minimum atomic E-state index is -4.63. The van der Waals surface area contributed by atoms with E-state index in [1.54, 1.807) is 11.2 Å². The molecule has 1 unspecified atom stereocenters. The van der Waals surface area contributed by atoms with E-state index in [1.807, 2.05) is 61.6 Å². The maximum absolute atomic E-state index is 14.1. The number of aromatic amines is 1. The molecule has 13 heteroatoms. The number of pyridine rings is 1. The number of aryl methyl sites for hydroxylation is 1. The van der Waals surface area contributed by atoms with Crippen LogP contribution in [0.4, 0.5) is 18.0 Å². The molecule has 0 spiro atoms. The molecule has 6 rings (SSSR count). The van der Waals surface area contributed by atoms with Crippen molar-refractivity contribution in [3.63, 3.8) is 0 Å². The third-order valence-corrected chi connectivity index (χ3v) is 8.48. The second-order valence-corrected chi connectivity index (χ2v) is 13.5. The average molecular weight is 655 g/mol. The molecule has 1 aliphatic heterocycles. The number of fused-ring (bicyclic) bond motifs is 1. The number of nitrogens with zero attached hydrogens (tertiary/aromatic N) is 7. The van der Waals surface area contributed by atoms with E-state index in [0.717, 1.165) is 42.3 Å². The highest BCUT2D eigenvalue weighted by Gasteiger charge is 2.36. The maximum atomic E-state index is 14.1. The van der Waals surface area contributed by atoms with Gasteiger partial charge in [-0.05, 0) is 57.2 Å². The van der Waals surface area contributed by atoms with Crippen LogP contribution in [0.1, 0.15) is 89.0 Å². The Hall–Kier alpha value is -4.00. The van der Waals surface area contributed by atoms with E-state index in [0.29, 0.717) is 48.7 Å². The predicted molar refractivity (Wildman–Crippen MR) is 174 cm³/mol. The highest BCUT2D eigenvalue weighted by Crippen LogP contribution is 2.43. The molecule has 1 saturated carbocycles. The number of benzene rings is 1. The first-order chi connectivity index (χ1) is 22.3. The molecule has 2 aliphatic rings. The van der Waals surface area contributed by atoms with Crippen LogP contribution < -0.4 is 0 Å². The van der Waals surface area contributed by atoms with Crippen LogP contribution >= 0.6 is 0 Å². The maximum Gasteiger partial charge on any atom is 0.433 e. The van der Waals surface area contributed by atoms with Gasteiger partial charge in [0, 0.05) is 56.6 Å². The summed E-state index contributed by atoms with van der Waals surface area (Å²) < 4.78 is 49.7. The van der Waals surface area contributed by atoms with Crippen LogP contribution in [0.25, 0.3) is 22.2 Å². The summed E-state index contributed by atoms with van der Waals surface area (Å²) >= 11 is 0. The average Bonchev–Trinajstić information content (AvgIpc) is 3.60. The molecule has 3 aromatic heterocycles. The smallest absolute Gasteiger partial charge is 0.433 e. The second kappa shape index (κ2) is 14.0. The minimum absolute atomic E-state index is 0.0312. The third-order valence-electron chi connectivity index (χ3n) is 8.48. The van der Waals surface area contributed by atoms with E-state index >= 15 is 0 Å². The molecule has 1 amide bonds. The largest absolute Gasteiger partial charge is 0.444 e. The Kier molecular flexibility index (Phi) is 10.2. The van der Waals surface area contributed by atoms with Crippen LogP contribution in [-0.4, -0.2) is 77.6 Å². The summed E-state index contributed by atoms with van der Waals surface area (Å²) in [7, 11) is 1.93. The highest BCUT2D eigenvalue weighted by atomic mass is 19.4. The summed E-state index contributed by atoms with van der Waals surface area (Å²) in [6.07, 6.45) is 1.25. The summed E-state index contributed by atoms with van der Waals surface area (Å²) in [5.74, 6) is 1.33. The Bertz CT molecular complexity index is 1660. The lowest BCUT2D eigenvalue weighted by Gasteiger charge is -2.35. The lowest BCUT2D eigenvalue weighted by Crippen LogP contribution is -2.49. The van der Waals surface area contributed by atoms with Crippen LogP contribution in [0.3, 0.4) is 0 Å². The highest BCUT2D eigenvalue weighted by molar-refractivity contribution is 5.94. The van der Waals surface area contributed by atoms with Crippen molar-refractivity contribution >= 4 is 17.0 Å². The van der Waals surface area contributed by atoms with Crippen molar-refractivity contribution in [3.8, 4) is 11.3 Å². The van der Waals surface area contributed by atoms with Gasteiger partial charge in [0.05, 0.1) is 11.2 Å². The first-order valence-electron chi connectivity index (χ1n) is 16.4. The number of hydrogen-bond donors (Lipinski definition) is 1. The van der Waals surface area contributed by atoms with E-state index in [-0.39, 0.29) is 18.2 Å². The fourth-order valence-corrected chi connectivity index (χ4v) is 6.05. The van der Waals surface area contributed by atoms with Gasteiger partial charge >= 0.3 is 12.3 Å². The fourth-order valence-electron chi connectivity index (χ4n) is 6.05. The molecule has 1 atom stereocenters. The standard InChI is InChI=1S/C31H37F3N8O2.C3H8/c1-30(2,3)44-29(43)42-13-11-41(12-14-42)17-23-27-22(16-24(36-23)31(32,33)34)26(37-38-27)21-10-6-9-20(15-21)25(19-7-5-8-19)28-39-35-18-40(28)4;1-3-2/h6,9-10,15-16,18-19,25H,5,7-8,11-14,17H2,1-4H3,(H,37,38);3H2,1-2H3. The summed E-state index contributed by atoms with van der Waals surface area (Å²) in [5.41, 5.74) is 1.36. The monoisotopic (exact) mass is 654 g/mol. The molecule has 1 aromatic carbocycles. The van der Waals surface area contributed by atoms with Gasteiger partial charge in [0.1, 0.15) is 29.1 Å². The summed E-state index contributed by atoms with van der Waals surface area (Å²) in [6.45, 7) is 11.6. The minimum Gasteiger partial charge on any atom is -0.444 e. The molecule has 0 bridgehead atoms. The van der Waals surface area contributed by atoms with Crippen molar-refractivity contribution < 1.29 is 22.7 Å². The number of hydrogen-bond acceptors (Lipinski definition) is 7. The predicted octanol–water partition coefficient (Wildman–Crippen LogP) is 7.17. The van der Waals surface area contributed by atoms with Crippen LogP contribution in [0.5, 0.6) is 0 Å². The first kappa shape index (κ1) is 34.3. The number of carbonyl (C=O) groups excluding carboxylic acids is 1. The Balaban J connectivity index is 0.00000139. The third kappa shape index (κ3) is 7.94. The molecule has 1 aliphatic carbocycles. The number of carbonyl (C=O) groups is 1. The number of piperazine rings is 1. The summed E-state index contributed by atoms with van der Waals surface area (Å²) in [6, 6.07) is 8.93. The number of aromatic nitrogens is 6. The zero-order chi connectivity index (χ0) is 33.9. The fraction of sp³-hybridized carbons (Fsp3) is 0.559. The molecule has 2 fully saturated rings. The van der Waals surface area contributed by atoms with Crippen molar-refractivity contribution in [1.29, 1.82) is 0 Å².